The minimum Gasteiger partial charge on any atom is -0.489 e. The van der Waals surface area contributed by atoms with E-state index in [1.165, 1.54) is 30.0 Å². The number of nitrogens with one attached hydrogen (secondary N) is 3. The van der Waals surface area contributed by atoms with E-state index in [4.69, 9.17) is 4.74 Å². The summed E-state index contributed by atoms with van der Waals surface area (Å²) in [6.45, 7) is 3.84. The molecule has 0 saturated heterocycles. The van der Waals surface area contributed by atoms with Crippen molar-refractivity contribution >= 4 is 52.6 Å². The average molecular weight is 687 g/mol. The molecule has 1 atom stereocenters. The fraction of sp³-hybridized carbons (Fsp3) is 0.103. The molecule has 0 heterocycles. The number of non-ortho nitro benzene ring substituents is 1. The van der Waals surface area contributed by atoms with Crippen LogP contribution < -0.4 is 20.7 Å². The molecule has 5 rings (SSSR count). The number of benzene rings is 5. The molecule has 0 aliphatic rings. The van der Waals surface area contributed by atoms with Crippen molar-refractivity contribution in [2.75, 3.05) is 10.6 Å². The van der Waals surface area contributed by atoms with Crippen LogP contribution in [0.4, 0.5) is 17.1 Å². The highest BCUT2D eigenvalue weighted by Gasteiger charge is 2.19. The molecule has 1 unspecified atom stereocenters. The quantitative estimate of drug-likeness (QED) is 0.0493. The van der Waals surface area contributed by atoms with Gasteiger partial charge in [0.05, 0.1) is 10.2 Å². The number of amides is 3. The summed E-state index contributed by atoms with van der Waals surface area (Å²) < 4.78 is 5.88. The third kappa shape index (κ3) is 9.91. The Bertz CT molecular complexity index is 2020. The van der Waals surface area contributed by atoms with Gasteiger partial charge in [0.25, 0.3) is 17.5 Å². The van der Waals surface area contributed by atoms with Crippen molar-refractivity contribution in [1.29, 1.82) is 0 Å². The van der Waals surface area contributed by atoms with Crippen molar-refractivity contribution in [2.24, 2.45) is 0 Å². The number of hydrogen-bond donors (Lipinski definition) is 3. The Morgan fingerprint density at radius 2 is 1.54 bits per heavy atom. The lowest BCUT2D eigenvalue weighted by atomic mass is 10.1. The van der Waals surface area contributed by atoms with Gasteiger partial charge in [0, 0.05) is 34.0 Å². The van der Waals surface area contributed by atoms with Crippen LogP contribution in [0.3, 0.4) is 0 Å². The lowest BCUT2D eigenvalue weighted by Crippen LogP contribution is -2.30. The highest BCUT2D eigenvalue weighted by Crippen LogP contribution is 2.28. The Balaban J connectivity index is 1.27. The Morgan fingerprint density at radius 1 is 0.840 bits per heavy atom. The molecule has 252 valence electrons. The normalized spacial score (nSPS) is 11.6. The molecule has 0 fully saturated rings. The molecule has 3 N–H and O–H groups in total. The van der Waals surface area contributed by atoms with Crippen LogP contribution in [0.1, 0.15) is 34.0 Å². The lowest BCUT2D eigenvalue weighted by Gasteiger charge is -2.15. The first kappa shape index (κ1) is 35.1. The number of anilines is 2. The van der Waals surface area contributed by atoms with Crippen LogP contribution in [0.5, 0.6) is 5.75 Å². The van der Waals surface area contributed by atoms with Gasteiger partial charge < -0.3 is 20.7 Å². The zero-order chi connectivity index (χ0) is 35.5. The first-order chi connectivity index (χ1) is 24.1. The highest BCUT2D eigenvalue weighted by molar-refractivity contribution is 8.00. The van der Waals surface area contributed by atoms with E-state index in [1.807, 2.05) is 36.4 Å². The second kappa shape index (κ2) is 16.8. The van der Waals surface area contributed by atoms with Crippen molar-refractivity contribution in [3.63, 3.8) is 0 Å². The van der Waals surface area contributed by atoms with Crippen molar-refractivity contribution < 1.29 is 24.0 Å². The van der Waals surface area contributed by atoms with Crippen LogP contribution in [0.2, 0.25) is 0 Å². The van der Waals surface area contributed by atoms with Crippen LogP contribution >= 0.6 is 11.8 Å². The number of thioether (sulfide) groups is 1. The summed E-state index contributed by atoms with van der Waals surface area (Å²) in [4.78, 5) is 51.0. The zero-order valence-electron chi connectivity index (χ0n) is 27.3. The lowest BCUT2D eigenvalue weighted by molar-refractivity contribution is -0.384. The summed E-state index contributed by atoms with van der Waals surface area (Å²) in [6.07, 6.45) is 1.59. The van der Waals surface area contributed by atoms with Crippen LogP contribution in [0.15, 0.2) is 138 Å². The van der Waals surface area contributed by atoms with Gasteiger partial charge in [-0.1, -0.05) is 66.7 Å². The first-order valence-corrected chi connectivity index (χ1v) is 16.5. The molecule has 0 aliphatic heterocycles. The molecule has 11 heteroatoms. The van der Waals surface area contributed by atoms with E-state index < -0.39 is 22.0 Å². The standard InChI is InChI=1S/C39H34N4O6S/c1-26-22-32(43(47)48)18-21-35(26)41-37(44)27(2)50-34-15-9-14-31(24-34)40-39(46)36(42-38(45)30-12-7-4-8-13-30)23-28-16-19-33(20-17-28)49-25-29-10-5-3-6-11-29/h3-24,27H,25H2,1-2H3,(H,40,46)(H,41,44)(H,42,45)/b36-23-. The average Bonchev–Trinajstić information content (AvgIpc) is 3.12. The largest absolute Gasteiger partial charge is 0.489 e. The van der Waals surface area contributed by atoms with Crippen LogP contribution in [-0.2, 0) is 16.2 Å². The van der Waals surface area contributed by atoms with E-state index in [2.05, 4.69) is 16.0 Å². The Hall–Kier alpha value is -6.20. The molecule has 5 aromatic rings. The third-order valence-corrected chi connectivity index (χ3v) is 8.51. The first-order valence-electron chi connectivity index (χ1n) is 15.6. The maximum absolute atomic E-state index is 13.6. The molecule has 0 bridgehead atoms. The summed E-state index contributed by atoms with van der Waals surface area (Å²) in [7, 11) is 0. The molecule has 0 radical (unpaired) electrons. The van der Waals surface area contributed by atoms with Crippen LogP contribution in [-0.4, -0.2) is 27.9 Å². The van der Waals surface area contributed by atoms with E-state index in [9.17, 15) is 24.5 Å². The van der Waals surface area contributed by atoms with Gasteiger partial charge in [0.2, 0.25) is 5.91 Å². The van der Waals surface area contributed by atoms with E-state index in [0.717, 1.165) is 10.5 Å². The molecule has 0 spiro atoms. The second-order valence-corrected chi connectivity index (χ2v) is 12.6. The van der Waals surface area contributed by atoms with Crippen molar-refractivity contribution in [2.45, 2.75) is 30.6 Å². The monoisotopic (exact) mass is 686 g/mol. The molecule has 3 amide bonds. The van der Waals surface area contributed by atoms with Crippen molar-refractivity contribution in [3.05, 3.63) is 165 Å². The molecular weight excluding hydrogens is 653 g/mol. The number of carbonyl (C=O) groups is 3. The number of nitrogens with zero attached hydrogens (tertiary/aromatic N) is 1. The van der Waals surface area contributed by atoms with Gasteiger partial charge in [0.1, 0.15) is 18.1 Å². The maximum Gasteiger partial charge on any atom is 0.272 e. The second-order valence-electron chi connectivity index (χ2n) is 11.2. The number of rotatable bonds is 13. The number of hydrogen-bond acceptors (Lipinski definition) is 7. The van der Waals surface area contributed by atoms with Gasteiger partial charge in [-0.25, -0.2) is 0 Å². The van der Waals surface area contributed by atoms with Gasteiger partial charge in [-0.15, -0.1) is 11.8 Å². The van der Waals surface area contributed by atoms with Crippen LogP contribution in [0.25, 0.3) is 6.08 Å². The third-order valence-electron chi connectivity index (χ3n) is 7.42. The number of carbonyl (C=O) groups excluding carboxylic acids is 3. The number of ether oxygens (including phenoxy) is 1. The molecule has 50 heavy (non-hydrogen) atoms. The zero-order valence-corrected chi connectivity index (χ0v) is 28.1. The fourth-order valence-electron chi connectivity index (χ4n) is 4.75. The SMILES string of the molecule is Cc1cc([N+](=O)[O-])ccc1NC(=O)C(C)Sc1cccc(NC(=O)/C(=C/c2ccc(OCc3ccccc3)cc2)NC(=O)c2ccccc2)c1. The smallest absolute Gasteiger partial charge is 0.272 e. The topological polar surface area (TPSA) is 140 Å². The van der Waals surface area contributed by atoms with E-state index in [1.54, 1.807) is 92.7 Å². The predicted molar refractivity (Wildman–Crippen MR) is 196 cm³/mol. The van der Waals surface area contributed by atoms with Gasteiger partial charge in [-0.05, 0) is 85.1 Å². The summed E-state index contributed by atoms with van der Waals surface area (Å²) in [5.74, 6) is -0.611. The maximum atomic E-state index is 13.6. The summed E-state index contributed by atoms with van der Waals surface area (Å²) in [5, 5.41) is 18.9. The highest BCUT2D eigenvalue weighted by atomic mass is 32.2. The Morgan fingerprint density at radius 3 is 2.22 bits per heavy atom. The Labute approximate surface area is 293 Å². The van der Waals surface area contributed by atoms with E-state index in [0.29, 0.717) is 40.4 Å². The minimum absolute atomic E-state index is 0.0288. The van der Waals surface area contributed by atoms with E-state index in [-0.39, 0.29) is 17.3 Å². The van der Waals surface area contributed by atoms with Crippen molar-refractivity contribution in [3.8, 4) is 5.75 Å². The molecular formula is C39H34N4O6S. The van der Waals surface area contributed by atoms with Gasteiger partial charge >= 0.3 is 0 Å². The van der Waals surface area contributed by atoms with Gasteiger partial charge in [0.15, 0.2) is 0 Å². The van der Waals surface area contributed by atoms with Gasteiger partial charge in [-0.3, -0.25) is 24.5 Å². The van der Waals surface area contributed by atoms with Crippen LogP contribution in [0, 0.1) is 17.0 Å². The number of aryl methyl sites for hydroxylation is 1. The summed E-state index contributed by atoms with van der Waals surface area (Å²) >= 11 is 1.28. The molecule has 0 aliphatic carbocycles. The van der Waals surface area contributed by atoms with Gasteiger partial charge in [-0.2, -0.15) is 0 Å². The molecule has 0 saturated carbocycles. The van der Waals surface area contributed by atoms with Crippen molar-refractivity contribution in [1.82, 2.24) is 5.32 Å². The molecule has 10 nitrogen and oxygen atoms in total. The Kier molecular flexibility index (Phi) is 11.8. The fourth-order valence-corrected chi connectivity index (χ4v) is 5.68. The molecule has 0 aromatic heterocycles. The number of nitro groups is 1. The summed E-state index contributed by atoms with van der Waals surface area (Å²) in [6, 6.07) is 36.9. The molecule has 5 aromatic carbocycles. The van der Waals surface area contributed by atoms with E-state index >= 15 is 0 Å². The predicted octanol–water partition coefficient (Wildman–Crippen LogP) is 8.01. The number of nitro benzene ring substituents is 1. The minimum atomic E-state index is -0.541. The summed E-state index contributed by atoms with van der Waals surface area (Å²) in [5.41, 5.74) is 3.60.